The number of amides is 1. The number of nitrogens with zero attached hydrogens (tertiary/aromatic N) is 1. The van der Waals surface area contributed by atoms with Crippen LogP contribution in [0.4, 0.5) is 11.4 Å². The molecule has 0 aromatic heterocycles. The van der Waals surface area contributed by atoms with Crippen LogP contribution in [0.2, 0.25) is 0 Å². The van der Waals surface area contributed by atoms with E-state index < -0.39 is 10.0 Å². The molecule has 0 spiro atoms. The van der Waals surface area contributed by atoms with Gasteiger partial charge in [-0.05, 0) is 50.2 Å². The number of ether oxygens (including phenoxy) is 1. The van der Waals surface area contributed by atoms with Crippen molar-refractivity contribution in [1.82, 2.24) is 0 Å². The summed E-state index contributed by atoms with van der Waals surface area (Å²) < 4.78 is 32.7. The molecule has 2 rings (SSSR count). The summed E-state index contributed by atoms with van der Waals surface area (Å²) in [4.78, 5) is 11.2. The average Bonchev–Trinajstić information content (AvgIpc) is 2.56. The smallest absolute Gasteiger partial charge is 0.264 e. The van der Waals surface area contributed by atoms with Crippen molar-refractivity contribution in [3.8, 4) is 5.75 Å². The second-order valence-corrected chi connectivity index (χ2v) is 7.17. The molecule has 0 bridgehead atoms. The monoisotopic (exact) mass is 362 g/mol. The molecule has 25 heavy (non-hydrogen) atoms. The summed E-state index contributed by atoms with van der Waals surface area (Å²) >= 11 is 0. The van der Waals surface area contributed by atoms with Crippen LogP contribution in [0, 0.1) is 0 Å². The summed E-state index contributed by atoms with van der Waals surface area (Å²) in [6.07, 6.45) is 0. The fourth-order valence-electron chi connectivity index (χ4n) is 2.43. The highest BCUT2D eigenvalue weighted by atomic mass is 32.2. The molecule has 0 atom stereocenters. The average molecular weight is 362 g/mol. The van der Waals surface area contributed by atoms with Gasteiger partial charge in [0.1, 0.15) is 5.75 Å². The first kappa shape index (κ1) is 18.8. The molecule has 0 unspecified atom stereocenters. The zero-order chi connectivity index (χ0) is 18.4. The summed E-state index contributed by atoms with van der Waals surface area (Å²) in [5.74, 6) is 0.410. The first-order valence-corrected chi connectivity index (χ1v) is 9.45. The minimum atomic E-state index is -3.72. The van der Waals surface area contributed by atoms with Crippen molar-refractivity contribution in [2.45, 2.75) is 25.7 Å². The Hall–Kier alpha value is -2.54. The number of rotatable bonds is 7. The lowest BCUT2D eigenvalue weighted by atomic mass is 10.3. The van der Waals surface area contributed by atoms with E-state index in [9.17, 15) is 13.2 Å². The van der Waals surface area contributed by atoms with Gasteiger partial charge in [0.05, 0.1) is 17.2 Å². The fraction of sp³-hybridized carbons (Fsp3) is 0.278. The number of sulfonamides is 1. The van der Waals surface area contributed by atoms with Crippen LogP contribution in [0.25, 0.3) is 0 Å². The Morgan fingerprint density at radius 1 is 1.12 bits per heavy atom. The number of anilines is 2. The number of carbonyl (C=O) groups excluding carboxylic acids is 1. The SMILES string of the molecule is CCOc1cccc(N(CC)S(=O)(=O)c2ccc(NC(C)=O)cc2)c1. The van der Waals surface area contributed by atoms with Gasteiger partial charge in [-0.3, -0.25) is 9.10 Å². The predicted octanol–water partition coefficient (Wildman–Crippen LogP) is 3.26. The molecule has 0 aliphatic rings. The van der Waals surface area contributed by atoms with Crippen LogP contribution in [0.15, 0.2) is 53.4 Å². The molecular formula is C18H22N2O4S. The van der Waals surface area contributed by atoms with E-state index in [-0.39, 0.29) is 17.3 Å². The standard InChI is InChI=1S/C18H22N2O4S/c1-4-20(16-7-6-8-17(13-16)24-5-2)25(22,23)18-11-9-15(10-12-18)19-14(3)21/h6-13H,4-5H2,1-3H3,(H,19,21). The van der Waals surface area contributed by atoms with Gasteiger partial charge in [-0.1, -0.05) is 6.07 Å². The first-order chi connectivity index (χ1) is 11.9. The van der Waals surface area contributed by atoms with E-state index in [1.165, 1.54) is 23.4 Å². The summed E-state index contributed by atoms with van der Waals surface area (Å²) in [5, 5.41) is 2.62. The van der Waals surface area contributed by atoms with Crippen molar-refractivity contribution in [1.29, 1.82) is 0 Å². The molecule has 7 heteroatoms. The van der Waals surface area contributed by atoms with Crippen LogP contribution in [0.5, 0.6) is 5.75 Å². The van der Waals surface area contributed by atoms with Crippen molar-refractivity contribution >= 4 is 27.3 Å². The van der Waals surface area contributed by atoms with Gasteiger partial charge in [-0.2, -0.15) is 0 Å². The van der Waals surface area contributed by atoms with Crippen molar-refractivity contribution < 1.29 is 17.9 Å². The molecule has 0 aliphatic heterocycles. The van der Waals surface area contributed by atoms with E-state index in [1.807, 2.05) is 6.92 Å². The molecule has 2 aromatic rings. The molecule has 0 fully saturated rings. The lowest BCUT2D eigenvalue weighted by molar-refractivity contribution is -0.114. The molecule has 6 nitrogen and oxygen atoms in total. The third kappa shape index (κ3) is 4.51. The van der Waals surface area contributed by atoms with Crippen LogP contribution in [0.1, 0.15) is 20.8 Å². The zero-order valence-corrected chi connectivity index (χ0v) is 15.3. The second kappa shape index (κ2) is 8.02. The molecule has 2 aromatic carbocycles. The normalized spacial score (nSPS) is 11.0. The number of hydrogen-bond acceptors (Lipinski definition) is 4. The van der Waals surface area contributed by atoms with Gasteiger partial charge in [-0.15, -0.1) is 0 Å². The Kier molecular flexibility index (Phi) is 6.03. The van der Waals surface area contributed by atoms with Gasteiger partial charge >= 0.3 is 0 Å². The van der Waals surface area contributed by atoms with Gasteiger partial charge in [0.2, 0.25) is 5.91 Å². The molecule has 1 amide bonds. The Labute approximate surface area is 148 Å². The topological polar surface area (TPSA) is 75.7 Å². The third-order valence-electron chi connectivity index (χ3n) is 3.47. The maximum atomic E-state index is 13.0. The largest absolute Gasteiger partial charge is 0.494 e. The highest BCUT2D eigenvalue weighted by molar-refractivity contribution is 7.92. The van der Waals surface area contributed by atoms with Crippen molar-refractivity contribution in [2.75, 3.05) is 22.8 Å². The summed E-state index contributed by atoms with van der Waals surface area (Å²) in [6, 6.07) is 13.1. The lowest BCUT2D eigenvalue weighted by Gasteiger charge is -2.23. The van der Waals surface area contributed by atoms with E-state index >= 15 is 0 Å². The van der Waals surface area contributed by atoms with Gasteiger partial charge in [0.25, 0.3) is 10.0 Å². The molecule has 0 aliphatic carbocycles. The maximum absolute atomic E-state index is 13.0. The van der Waals surface area contributed by atoms with E-state index in [1.54, 1.807) is 43.3 Å². The van der Waals surface area contributed by atoms with E-state index in [0.29, 0.717) is 23.7 Å². The van der Waals surface area contributed by atoms with Crippen LogP contribution in [-0.4, -0.2) is 27.5 Å². The van der Waals surface area contributed by atoms with Gasteiger partial charge in [0, 0.05) is 25.2 Å². The number of nitrogens with one attached hydrogen (secondary N) is 1. The summed E-state index contributed by atoms with van der Waals surface area (Å²) in [5.41, 5.74) is 1.09. The van der Waals surface area contributed by atoms with Crippen LogP contribution in [0.3, 0.4) is 0 Å². The van der Waals surface area contributed by atoms with Crippen LogP contribution in [-0.2, 0) is 14.8 Å². The molecule has 0 heterocycles. The van der Waals surface area contributed by atoms with Crippen molar-refractivity contribution in [3.05, 3.63) is 48.5 Å². The third-order valence-corrected chi connectivity index (χ3v) is 5.38. The molecule has 0 radical (unpaired) electrons. The highest BCUT2D eigenvalue weighted by Crippen LogP contribution is 2.27. The Balaban J connectivity index is 2.35. The van der Waals surface area contributed by atoms with E-state index in [0.717, 1.165) is 0 Å². The number of benzene rings is 2. The number of hydrogen-bond donors (Lipinski definition) is 1. The molecular weight excluding hydrogens is 340 g/mol. The first-order valence-electron chi connectivity index (χ1n) is 8.01. The van der Waals surface area contributed by atoms with Crippen LogP contribution >= 0.6 is 0 Å². The molecule has 0 saturated carbocycles. The minimum Gasteiger partial charge on any atom is -0.494 e. The zero-order valence-electron chi connectivity index (χ0n) is 14.5. The Morgan fingerprint density at radius 3 is 2.36 bits per heavy atom. The Bertz CT molecular complexity index is 832. The summed E-state index contributed by atoms with van der Waals surface area (Å²) in [6.45, 7) is 5.83. The Morgan fingerprint density at radius 2 is 1.80 bits per heavy atom. The number of carbonyl (C=O) groups is 1. The molecule has 1 N–H and O–H groups in total. The minimum absolute atomic E-state index is 0.158. The molecule has 134 valence electrons. The van der Waals surface area contributed by atoms with E-state index in [2.05, 4.69) is 5.32 Å². The van der Waals surface area contributed by atoms with Gasteiger partial charge < -0.3 is 10.1 Å². The predicted molar refractivity (Wildman–Crippen MR) is 98.6 cm³/mol. The second-order valence-electron chi connectivity index (χ2n) is 5.31. The fourth-order valence-corrected chi connectivity index (χ4v) is 3.89. The van der Waals surface area contributed by atoms with Crippen molar-refractivity contribution in [2.24, 2.45) is 0 Å². The maximum Gasteiger partial charge on any atom is 0.264 e. The van der Waals surface area contributed by atoms with E-state index in [4.69, 9.17) is 4.74 Å². The van der Waals surface area contributed by atoms with Crippen molar-refractivity contribution in [3.63, 3.8) is 0 Å². The summed E-state index contributed by atoms with van der Waals surface area (Å²) in [7, 11) is -3.72. The van der Waals surface area contributed by atoms with Crippen LogP contribution < -0.4 is 14.4 Å². The van der Waals surface area contributed by atoms with Gasteiger partial charge in [-0.25, -0.2) is 8.42 Å². The lowest BCUT2D eigenvalue weighted by Crippen LogP contribution is -2.30. The highest BCUT2D eigenvalue weighted by Gasteiger charge is 2.23. The van der Waals surface area contributed by atoms with Gasteiger partial charge in [0.15, 0.2) is 0 Å². The molecule has 0 saturated heterocycles. The quantitative estimate of drug-likeness (QED) is 0.820.